The molecule has 0 fully saturated rings. The van der Waals surface area contributed by atoms with Crippen LogP contribution in [0.2, 0.25) is 0 Å². The molecule has 0 heterocycles. The van der Waals surface area contributed by atoms with Gasteiger partial charge in [0.05, 0.1) is 26.1 Å². The van der Waals surface area contributed by atoms with E-state index in [2.05, 4.69) is 55.4 Å². The van der Waals surface area contributed by atoms with Gasteiger partial charge >= 0.3 is 11.9 Å². The van der Waals surface area contributed by atoms with Gasteiger partial charge in [-0.1, -0.05) is 68.2 Å². The van der Waals surface area contributed by atoms with Crippen LogP contribution in [0.4, 0.5) is 0 Å². The first-order chi connectivity index (χ1) is 14.0. The Bertz CT molecular complexity index is 412. The minimum absolute atomic E-state index is 0.109. The van der Waals surface area contributed by atoms with Gasteiger partial charge in [-0.05, 0) is 61.2 Å². The molecule has 0 radical (unpaired) electrons. The van der Waals surface area contributed by atoms with E-state index in [4.69, 9.17) is 9.47 Å². The van der Waals surface area contributed by atoms with Crippen molar-refractivity contribution in [1.82, 2.24) is 0 Å². The largest absolute Gasteiger partial charge is 0.465 e. The second-order valence-electron chi connectivity index (χ2n) is 10.8. The van der Waals surface area contributed by atoms with Crippen LogP contribution in [0.25, 0.3) is 0 Å². The van der Waals surface area contributed by atoms with E-state index in [0.717, 1.165) is 38.5 Å². The summed E-state index contributed by atoms with van der Waals surface area (Å²) in [6.07, 6.45) is 6.81. The van der Waals surface area contributed by atoms with Gasteiger partial charge < -0.3 is 9.47 Å². The molecule has 30 heavy (non-hydrogen) atoms. The van der Waals surface area contributed by atoms with Crippen molar-refractivity contribution in [2.24, 2.45) is 35.5 Å². The van der Waals surface area contributed by atoms with E-state index in [0.29, 0.717) is 48.7 Å². The van der Waals surface area contributed by atoms with Crippen molar-refractivity contribution in [1.29, 1.82) is 0 Å². The summed E-state index contributed by atoms with van der Waals surface area (Å²) in [5.41, 5.74) is 0. The van der Waals surface area contributed by atoms with Gasteiger partial charge in [0.25, 0.3) is 0 Å². The molecule has 178 valence electrons. The third-order valence-corrected chi connectivity index (χ3v) is 5.41. The van der Waals surface area contributed by atoms with Crippen molar-refractivity contribution >= 4 is 11.9 Å². The van der Waals surface area contributed by atoms with E-state index in [1.54, 1.807) is 0 Å². The quantitative estimate of drug-likeness (QED) is 0.234. The number of hydrogen-bond donors (Lipinski definition) is 0. The maximum Gasteiger partial charge on any atom is 0.306 e. The van der Waals surface area contributed by atoms with Gasteiger partial charge in [0.1, 0.15) is 0 Å². The normalized spacial score (nSPS) is 13.9. The lowest BCUT2D eigenvalue weighted by Crippen LogP contribution is -2.19. The van der Waals surface area contributed by atoms with Crippen LogP contribution in [-0.2, 0) is 19.1 Å². The zero-order valence-corrected chi connectivity index (χ0v) is 21.2. The molecular weight excluding hydrogens is 376 g/mol. The van der Waals surface area contributed by atoms with Crippen LogP contribution in [0.3, 0.4) is 0 Å². The van der Waals surface area contributed by atoms with E-state index in [9.17, 15) is 9.59 Å². The predicted molar refractivity (Wildman–Crippen MR) is 125 cm³/mol. The van der Waals surface area contributed by atoms with Crippen LogP contribution in [0.15, 0.2) is 0 Å². The number of carbonyl (C=O) groups is 2. The van der Waals surface area contributed by atoms with E-state index in [1.807, 2.05) is 0 Å². The van der Waals surface area contributed by atoms with Crippen molar-refractivity contribution in [2.75, 3.05) is 13.2 Å². The third kappa shape index (κ3) is 17.8. The number of rotatable bonds is 17. The molecule has 0 rings (SSSR count). The van der Waals surface area contributed by atoms with Crippen LogP contribution in [-0.4, -0.2) is 25.2 Å². The van der Waals surface area contributed by atoms with E-state index in [1.165, 1.54) is 0 Å². The number of esters is 2. The summed E-state index contributed by atoms with van der Waals surface area (Å²) in [5, 5.41) is 0. The fourth-order valence-corrected chi connectivity index (χ4v) is 3.78. The molecule has 0 saturated carbocycles. The van der Waals surface area contributed by atoms with Gasteiger partial charge in [-0.2, -0.15) is 0 Å². The Kier molecular flexibility index (Phi) is 16.0. The first-order valence-electron chi connectivity index (χ1n) is 12.3. The number of carbonyl (C=O) groups excluding carboxylic acids is 2. The summed E-state index contributed by atoms with van der Waals surface area (Å²) in [6.45, 7) is 18.6. The van der Waals surface area contributed by atoms with Crippen molar-refractivity contribution in [3.8, 4) is 0 Å². The van der Waals surface area contributed by atoms with Gasteiger partial charge in [0.2, 0.25) is 0 Å². The minimum atomic E-state index is -0.288. The van der Waals surface area contributed by atoms with Crippen LogP contribution >= 0.6 is 0 Å². The van der Waals surface area contributed by atoms with Crippen molar-refractivity contribution < 1.29 is 19.1 Å². The molecule has 4 heteroatoms. The Morgan fingerprint density at radius 1 is 0.533 bits per heavy atom. The number of hydrogen-bond acceptors (Lipinski definition) is 4. The molecule has 0 spiro atoms. The number of ether oxygens (including phenoxy) is 2. The van der Waals surface area contributed by atoms with Gasteiger partial charge in [0, 0.05) is 0 Å². The molecule has 0 aliphatic carbocycles. The van der Waals surface area contributed by atoms with Crippen molar-refractivity contribution in [3.63, 3.8) is 0 Å². The Hall–Kier alpha value is -1.06. The highest BCUT2D eigenvalue weighted by Gasteiger charge is 2.17. The Morgan fingerprint density at radius 2 is 0.867 bits per heavy atom. The lowest BCUT2D eigenvalue weighted by Gasteiger charge is -2.20. The molecule has 4 nitrogen and oxygen atoms in total. The van der Waals surface area contributed by atoms with Crippen molar-refractivity contribution in [2.45, 2.75) is 107 Å². The summed E-state index contributed by atoms with van der Waals surface area (Å²) < 4.78 is 11.0. The zero-order chi connectivity index (χ0) is 23.1. The molecule has 0 aliphatic rings. The summed E-state index contributed by atoms with van der Waals surface area (Å²) in [6, 6.07) is 0. The molecule has 2 atom stereocenters. The van der Waals surface area contributed by atoms with Gasteiger partial charge in [0.15, 0.2) is 0 Å². The molecule has 0 aromatic carbocycles. The van der Waals surface area contributed by atoms with Crippen LogP contribution in [0, 0.1) is 35.5 Å². The molecule has 0 N–H and O–H groups in total. The molecule has 0 saturated heterocycles. The van der Waals surface area contributed by atoms with E-state index in [-0.39, 0.29) is 24.8 Å². The van der Waals surface area contributed by atoms with Gasteiger partial charge in [-0.15, -0.1) is 0 Å². The smallest absolute Gasteiger partial charge is 0.306 e. The molecule has 0 aromatic heterocycles. The first kappa shape index (κ1) is 28.9. The van der Waals surface area contributed by atoms with Gasteiger partial charge in [-0.3, -0.25) is 9.59 Å². The minimum Gasteiger partial charge on any atom is -0.465 e. The fraction of sp³-hybridized carbons (Fsp3) is 0.923. The zero-order valence-electron chi connectivity index (χ0n) is 21.2. The lowest BCUT2D eigenvalue weighted by atomic mass is 9.91. The first-order valence-corrected chi connectivity index (χ1v) is 12.3. The second kappa shape index (κ2) is 16.6. The lowest BCUT2D eigenvalue weighted by molar-refractivity contribution is -0.152. The molecule has 0 amide bonds. The summed E-state index contributed by atoms with van der Waals surface area (Å²) >= 11 is 0. The third-order valence-electron chi connectivity index (χ3n) is 5.41. The summed E-state index contributed by atoms with van der Waals surface area (Å²) in [4.78, 5) is 24.2. The predicted octanol–water partition coefficient (Wildman–Crippen LogP) is 7.05. The van der Waals surface area contributed by atoms with Crippen LogP contribution < -0.4 is 0 Å². The molecular formula is C26H50O4. The second-order valence-corrected chi connectivity index (χ2v) is 10.8. The summed E-state index contributed by atoms with van der Waals surface area (Å²) in [5.74, 6) is 2.72. The van der Waals surface area contributed by atoms with Gasteiger partial charge in [-0.25, -0.2) is 0 Å². The topological polar surface area (TPSA) is 52.6 Å². The average molecular weight is 427 g/mol. The highest BCUT2D eigenvalue weighted by Crippen LogP contribution is 2.22. The highest BCUT2D eigenvalue weighted by atomic mass is 16.5. The fourth-order valence-electron chi connectivity index (χ4n) is 3.78. The Labute approximate surface area is 186 Å². The highest BCUT2D eigenvalue weighted by molar-refractivity contribution is 5.77. The Morgan fingerprint density at radius 3 is 1.13 bits per heavy atom. The molecule has 0 bridgehead atoms. The SMILES string of the molecule is CC(C)CCC(COC(=O)CCC(=O)OCC(CCC(C)C)CC(C)C)CC(C)C. The monoisotopic (exact) mass is 426 g/mol. The molecule has 0 aliphatic heterocycles. The van der Waals surface area contributed by atoms with Crippen molar-refractivity contribution in [3.05, 3.63) is 0 Å². The van der Waals surface area contributed by atoms with Crippen LogP contribution in [0.1, 0.15) is 107 Å². The summed E-state index contributed by atoms with van der Waals surface area (Å²) in [7, 11) is 0. The van der Waals surface area contributed by atoms with E-state index < -0.39 is 0 Å². The Balaban J connectivity index is 4.26. The maximum absolute atomic E-state index is 12.1. The van der Waals surface area contributed by atoms with E-state index >= 15 is 0 Å². The standard InChI is InChI=1S/C26H50O4/c1-19(2)9-11-23(15-21(5)6)17-29-25(27)13-14-26(28)30-18-24(16-22(7)8)12-10-20(3)4/h19-24H,9-18H2,1-8H3. The average Bonchev–Trinajstić information content (AvgIpc) is 2.63. The maximum atomic E-state index is 12.1. The van der Waals surface area contributed by atoms with Crippen LogP contribution in [0.5, 0.6) is 0 Å². The molecule has 0 aromatic rings. The molecule has 2 unspecified atom stereocenters.